The molecule has 12 rings (SSSR count). The van der Waals surface area contributed by atoms with Gasteiger partial charge in [0.1, 0.15) is 5.82 Å². The first kappa shape index (κ1) is 46.1. The molecule has 7 heteroatoms. The summed E-state index contributed by atoms with van der Waals surface area (Å²) in [5, 5.41) is 4.66. The van der Waals surface area contributed by atoms with Crippen LogP contribution >= 0.6 is 11.3 Å². The van der Waals surface area contributed by atoms with E-state index in [4.69, 9.17) is 13.8 Å². The van der Waals surface area contributed by atoms with Crippen molar-refractivity contribution in [1.29, 1.82) is 0 Å². The van der Waals surface area contributed by atoms with Crippen molar-refractivity contribution in [2.75, 3.05) is 9.80 Å². The van der Waals surface area contributed by atoms with E-state index in [1.54, 1.807) is 0 Å². The van der Waals surface area contributed by atoms with E-state index < -0.39 is 11.5 Å². The van der Waals surface area contributed by atoms with Gasteiger partial charge in [-0.1, -0.05) is 173 Å². The summed E-state index contributed by atoms with van der Waals surface area (Å²) < 4.78 is 57.0. The van der Waals surface area contributed by atoms with Crippen molar-refractivity contribution in [1.82, 2.24) is 9.55 Å². The van der Waals surface area contributed by atoms with Gasteiger partial charge in [0.15, 0.2) is 0 Å². The molecule has 0 spiro atoms. The Balaban J connectivity index is 0.00000705. The Morgan fingerprint density at radius 3 is 1.84 bits per heavy atom. The first-order chi connectivity index (χ1) is 38.3. The third kappa shape index (κ3) is 9.46. The molecule has 0 aliphatic carbocycles. The molecule has 0 saturated carbocycles. The Morgan fingerprint density at radius 2 is 1.16 bits per heavy atom. The van der Waals surface area contributed by atoms with Gasteiger partial charge < -0.3 is 19.1 Å². The first-order valence-electron chi connectivity index (χ1n) is 28.7. The fourth-order valence-electron chi connectivity index (χ4n) is 10.5. The van der Waals surface area contributed by atoms with Crippen LogP contribution in [0.4, 0.5) is 22.7 Å². The maximum absolute atomic E-state index is 9.48. The van der Waals surface area contributed by atoms with Crippen LogP contribution in [0.3, 0.4) is 0 Å². The zero-order chi connectivity index (χ0) is 57.4. The number of hydrogen-bond donors (Lipinski definition) is 0. The quantitative estimate of drug-likeness (QED) is 0.149. The van der Waals surface area contributed by atoms with Gasteiger partial charge in [-0.05, 0) is 109 Å². The molecule has 77 heavy (non-hydrogen) atoms. The van der Waals surface area contributed by atoms with Gasteiger partial charge in [0, 0.05) is 92.6 Å². The van der Waals surface area contributed by atoms with Crippen LogP contribution in [0.15, 0.2) is 170 Å². The van der Waals surface area contributed by atoms with Gasteiger partial charge in [-0.3, -0.25) is 0 Å². The third-order valence-corrected chi connectivity index (χ3v) is 16.0. The Labute approximate surface area is 480 Å². The maximum Gasteiger partial charge on any atom is 0.135 e. The molecule has 3 aromatic heterocycles. The molecule has 0 radical (unpaired) electrons. The molecule has 4 heterocycles. The number of fused-ring (bicyclic) bond motifs is 8. The van der Waals surface area contributed by atoms with Gasteiger partial charge >= 0.3 is 0 Å². The van der Waals surface area contributed by atoms with Crippen LogP contribution in [0.1, 0.15) is 112 Å². The van der Waals surface area contributed by atoms with E-state index in [1.165, 1.54) is 25.7 Å². The van der Waals surface area contributed by atoms with Crippen molar-refractivity contribution >= 4 is 76.1 Å². The number of hydrogen-bond acceptors (Lipinski definition) is 5. The normalized spacial score (nSPS) is 14.2. The summed E-state index contributed by atoms with van der Waals surface area (Å²) in [5.41, 5.74) is 11.0. The summed E-state index contributed by atoms with van der Waals surface area (Å²) in [5.74, 6) is 1.81. The molecule has 8 aromatic carbocycles. The molecule has 0 N–H and O–H groups in total. The number of benzene rings is 8. The van der Waals surface area contributed by atoms with Crippen LogP contribution in [0, 0.1) is 18.8 Å². The molecule has 5 nitrogen and oxygen atoms in total. The predicted octanol–water partition coefficient (Wildman–Crippen LogP) is 19.9. The molecule has 0 amide bonds. The molecule has 0 atom stereocenters. The molecule has 0 saturated heterocycles. The summed E-state index contributed by atoms with van der Waals surface area (Å²) >= 11 is 1.81. The molecule has 1 aliphatic rings. The minimum Gasteiger partial charge on any atom is -0.509 e. The van der Waals surface area contributed by atoms with Crippen LogP contribution in [-0.2, 0) is 42.7 Å². The molecule has 0 fully saturated rings. The average molecular weight is 1210 g/mol. The maximum atomic E-state index is 9.48. The van der Waals surface area contributed by atoms with E-state index in [0.717, 1.165) is 66.8 Å². The number of ether oxygens (including phenoxy) is 1. The number of para-hydroxylation sites is 2. The molecule has 11 aromatic rings. The fraction of sp³-hybridized carbons (Fsp3) is 0.229. The number of pyridine rings is 1. The SMILES string of the molecule is [2H]c1c([2H])c([2H])c(-c2cc(C(C)(C)C)cc(-c3cc(C(C)(C)C)cc(C(C)(C)C)c3)c2N2[CH-]N(c3[c-]c(Oc4[c-]c5c(cc4)c4c6sc7ccccc7c6ccc4n5-c4cc(C(C)(C)C)ccn4)ccc3)c3ccccc32)c([2H])c1[2H].[Pt]. The number of anilines is 4. The second-order valence-corrected chi connectivity index (χ2v) is 25.4. The zero-order valence-electron chi connectivity index (χ0n) is 50.8. The summed E-state index contributed by atoms with van der Waals surface area (Å²) in [7, 11) is 0. The Bertz CT molecular complexity index is 4320. The van der Waals surface area contributed by atoms with Crippen molar-refractivity contribution in [2.24, 2.45) is 0 Å². The molecule has 0 unspecified atom stereocenters. The molecule has 1 aliphatic heterocycles. The Kier molecular flexibility index (Phi) is 11.5. The van der Waals surface area contributed by atoms with Crippen LogP contribution < -0.4 is 14.5 Å². The van der Waals surface area contributed by atoms with E-state index >= 15 is 0 Å². The predicted molar refractivity (Wildman–Crippen MR) is 323 cm³/mol. The number of thiophene rings is 1. The van der Waals surface area contributed by atoms with Gasteiger partial charge in [-0.2, -0.15) is 12.1 Å². The van der Waals surface area contributed by atoms with Crippen LogP contribution in [-0.4, -0.2) is 9.55 Å². The monoisotopic (exact) mass is 1210 g/mol. The van der Waals surface area contributed by atoms with Crippen molar-refractivity contribution in [2.45, 2.75) is 105 Å². The van der Waals surface area contributed by atoms with E-state index in [0.29, 0.717) is 28.4 Å². The molecular weight excluding hydrogens is 1140 g/mol. The third-order valence-electron chi connectivity index (χ3n) is 14.8. The van der Waals surface area contributed by atoms with E-state index in [-0.39, 0.29) is 67.0 Å². The second kappa shape index (κ2) is 19.2. The van der Waals surface area contributed by atoms with E-state index in [9.17, 15) is 2.74 Å². The van der Waals surface area contributed by atoms with Gasteiger partial charge in [0.25, 0.3) is 0 Å². The van der Waals surface area contributed by atoms with Gasteiger partial charge in [-0.25, -0.2) is 4.98 Å². The Hall–Kier alpha value is -6.98. The van der Waals surface area contributed by atoms with Crippen molar-refractivity contribution in [3.05, 3.63) is 211 Å². The topological polar surface area (TPSA) is 33.5 Å². The van der Waals surface area contributed by atoms with Crippen LogP contribution in [0.5, 0.6) is 11.5 Å². The minimum atomic E-state index is -0.437. The minimum absolute atomic E-state index is 0. The number of nitrogens with zero attached hydrogens (tertiary/aromatic N) is 4. The van der Waals surface area contributed by atoms with E-state index in [2.05, 4.69) is 201 Å². The smallest absolute Gasteiger partial charge is 0.135 e. The summed E-state index contributed by atoms with van der Waals surface area (Å²) in [6.45, 7) is 28.5. The first-order valence-corrected chi connectivity index (χ1v) is 27.0. The number of aromatic nitrogens is 2. The summed E-state index contributed by atoms with van der Waals surface area (Å²) in [6.07, 6.45) is 1.90. The fourth-order valence-corrected chi connectivity index (χ4v) is 11.8. The molecule has 390 valence electrons. The molecular formula is C70H65N4OPtS-3. The van der Waals surface area contributed by atoms with Crippen LogP contribution in [0.25, 0.3) is 70.0 Å². The standard InChI is InChI=1S/C70H65N4OS.Pt/c1-67(2,3)46-33-34-71-63(40-46)74-60-32-31-54-53-25-16-19-28-62(53)76-66(54)64(60)55-30-29-52(42-61(55)74)75-51-24-20-23-50(41-51)72-43-73(59-27-18-17-26-58(59)72)65-56(44-21-14-13-15-22-44)38-49(70(10,11)12)39-57(65)45-35-47(68(4,5)6)37-48(36-45)69(7,8)9;/h13-40,43H,1-12H3;/q-3;/i13D,14D,15D,21D,22D;. The van der Waals surface area contributed by atoms with Gasteiger partial charge in [0.2, 0.25) is 0 Å². The largest absolute Gasteiger partial charge is 0.509 e. The van der Waals surface area contributed by atoms with E-state index in [1.807, 2.05) is 66.7 Å². The zero-order valence-corrected chi connectivity index (χ0v) is 48.9. The number of rotatable bonds is 7. The van der Waals surface area contributed by atoms with Gasteiger partial charge in [-0.15, -0.1) is 59.4 Å². The summed E-state index contributed by atoms with van der Waals surface area (Å²) in [4.78, 5) is 9.18. The van der Waals surface area contributed by atoms with Gasteiger partial charge in [0.05, 0.1) is 6.85 Å². The second-order valence-electron chi connectivity index (χ2n) is 24.3. The van der Waals surface area contributed by atoms with Crippen molar-refractivity contribution in [3.8, 4) is 39.6 Å². The van der Waals surface area contributed by atoms with Crippen molar-refractivity contribution < 1.29 is 32.7 Å². The Morgan fingerprint density at radius 1 is 0.545 bits per heavy atom. The van der Waals surface area contributed by atoms with Crippen LogP contribution in [0.2, 0.25) is 0 Å². The van der Waals surface area contributed by atoms with Crippen molar-refractivity contribution in [3.63, 3.8) is 0 Å². The molecule has 0 bridgehead atoms. The summed E-state index contributed by atoms with van der Waals surface area (Å²) in [6, 6.07) is 52.1. The average Bonchev–Trinajstić information content (AvgIpc) is 4.25.